The van der Waals surface area contributed by atoms with E-state index in [2.05, 4.69) is 15.3 Å². The molecule has 0 saturated heterocycles. The number of nitrogens with one attached hydrogen (secondary N) is 1. The van der Waals surface area contributed by atoms with Crippen molar-refractivity contribution >= 4 is 23.2 Å². The molecule has 0 fully saturated rings. The highest BCUT2D eigenvalue weighted by Gasteiger charge is 2.12. The zero-order chi connectivity index (χ0) is 12.0. The molecule has 1 N–H and O–H groups in total. The lowest BCUT2D eigenvalue weighted by atomic mass is 10.1. The predicted octanol–water partition coefficient (Wildman–Crippen LogP) is 1.52. The molecule has 4 nitrogen and oxygen atoms in total. The molecule has 0 aliphatic rings. The molecule has 0 bridgehead atoms. The van der Waals surface area contributed by atoms with Crippen molar-refractivity contribution in [3.8, 4) is 0 Å². The van der Waals surface area contributed by atoms with Gasteiger partial charge < -0.3 is 10.2 Å². The van der Waals surface area contributed by atoms with E-state index in [1.807, 2.05) is 12.1 Å². The van der Waals surface area contributed by atoms with E-state index in [0.717, 1.165) is 5.56 Å². The van der Waals surface area contributed by atoms with Crippen LogP contribution >= 0.6 is 11.6 Å². The van der Waals surface area contributed by atoms with E-state index in [4.69, 9.17) is 11.6 Å². The summed E-state index contributed by atoms with van der Waals surface area (Å²) in [6, 6.07) is 7.25. The van der Waals surface area contributed by atoms with Crippen molar-refractivity contribution in [2.75, 3.05) is 14.2 Å². The highest BCUT2D eigenvalue weighted by molar-refractivity contribution is 6.45. The third-order valence-corrected chi connectivity index (χ3v) is 2.31. The largest absolute Gasteiger partial charge is 0.398 e. The highest BCUT2D eigenvalue weighted by atomic mass is 35.5. The molecule has 1 aromatic carbocycles. The lowest BCUT2D eigenvalue weighted by Gasteiger charge is -2.04. The highest BCUT2D eigenvalue weighted by Crippen LogP contribution is 2.08. The predicted molar refractivity (Wildman–Crippen MR) is 63.6 cm³/mol. The van der Waals surface area contributed by atoms with Gasteiger partial charge in [0.2, 0.25) is 0 Å². The molecule has 0 aliphatic heterocycles. The number of benzene rings is 1. The zero-order valence-electron chi connectivity index (χ0n) is 9.16. The van der Waals surface area contributed by atoms with Gasteiger partial charge in [0.25, 0.3) is 5.91 Å². The molecule has 0 aliphatic carbocycles. The normalized spacial score (nSPS) is 11.1. The molecular formula is C11H13ClN2O2. The summed E-state index contributed by atoms with van der Waals surface area (Å²) in [5.41, 5.74) is 1.92. The average molecular weight is 241 g/mol. The molecule has 5 heteroatoms. The van der Waals surface area contributed by atoms with Crippen LogP contribution in [0.2, 0.25) is 0 Å². The van der Waals surface area contributed by atoms with Gasteiger partial charge in [-0.2, -0.15) is 0 Å². The van der Waals surface area contributed by atoms with Crippen LogP contribution in [0.5, 0.6) is 0 Å². The number of hydrogen-bond donors (Lipinski definition) is 1. The summed E-state index contributed by atoms with van der Waals surface area (Å²) in [5.74, 6) is 0.150. The van der Waals surface area contributed by atoms with Crippen LogP contribution in [-0.4, -0.2) is 25.8 Å². The summed E-state index contributed by atoms with van der Waals surface area (Å²) in [7, 11) is 2.94. The molecule has 0 radical (unpaired) electrons. The first-order valence-electron chi connectivity index (χ1n) is 4.71. The Balaban J connectivity index is 3.02. The van der Waals surface area contributed by atoms with Gasteiger partial charge >= 0.3 is 0 Å². The van der Waals surface area contributed by atoms with Crippen LogP contribution in [0.25, 0.3) is 0 Å². The molecule has 0 spiro atoms. The SMILES string of the molecule is CNC(=O)/C(=N\OC)c1ccc(CCl)cc1. The minimum absolute atomic E-state index is 0.242. The smallest absolute Gasteiger partial charge is 0.273 e. The molecule has 0 unspecified atom stereocenters. The molecule has 1 amide bonds. The first-order valence-corrected chi connectivity index (χ1v) is 5.25. The molecule has 0 saturated carbocycles. The minimum Gasteiger partial charge on any atom is -0.398 e. The Hall–Kier alpha value is -1.55. The Kier molecular flexibility index (Phi) is 4.79. The number of nitrogens with zero attached hydrogens (tertiary/aromatic N) is 1. The van der Waals surface area contributed by atoms with Crippen molar-refractivity contribution in [3.05, 3.63) is 35.4 Å². The Bertz CT molecular complexity index is 387. The number of halogens is 1. The maximum absolute atomic E-state index is 11.5. The number of amides is 1. The summed E-state index contributed by atoms with van der Waals surface area (Å²) >= 11 is 5.68. The fourth-order valence-corrected chi connectivity index (χ4v) is 1.36. The van der Waals surface area contributed by atoms with Gasteiger partial charge in [-0.1, -0.05) is 29.4 Å². The molecule has 1 aromatic rings. The molecule has 16 heavy (non-hydrogen) atoms. The van der Waals surface area contributed by atoms with Crippen molar-refractivity contribution < 1.29 is 9.63 Å². The number of hydrogen-bond acceptors (Lipinski definition) is 3. The van der Waals surface area contributed by atoms with Crippen LogP contribution in [0.15, 0.2) is 29.4 Å². The van der Waals surface area contributed by atoms with Gasteiger partial charge in [-0.05, 0) is 5.56 Å². The van der Waals surface area contributed by atoms with Crippen LogP contribution < -0.4 is 5.32 Å². The molecule has 1 rings (SSSR count). The first-order chi connectivity index (χ1) is 7.72. The van der Waals surface area contributed by atoms with Crippen LogP contribution in [0.1, 0.15) is 11.1 Å². The average Bonchev–Trinajstić information content (AvgIpc) is 2.35. The number of carbonyl (C=O) groups excluding carboxylic acids is 1. The van der Waals surface area contributed by atoms with Crippen LogP contribution in [0.4, 0.5) is 0 Å². The molecular weight excluding hydrogens is 228 g/mol. The first kappa shape index (κ1) is 12.5. The van der Waals surface area contributed by atoms with E-state index in [1.54, 1.807) is 19.2 Å². The Morgan fingerprint density at radius 1 is 1.44 bits per heavy atom. The molecule has 0 atom stereocenters. The maximum atomic E-state index is 11.5. The summed E-state index contributed by atoms with van der Waals surface area (Å²) in [6.07, 6.45) is 0. The van der Waals surface area contributed by atoms with Crippen molar-refractivity contribution in [1.82, 2.24) is 5.32 Å². The van der Waals surface area contributed by atoms with Gasteiger partial charge in [0.1, 0.15) is 7.11 Å². The van der Waals surface area contributed by atoms with E-state index in [1.165, 1.54) is 7.11 Å². The lowest BCUT2D eigenvalue weighted by molar-refractivity contribution is -0.114. The van der Waals surface area contributed by atoms with Crippen molar-refractivity contribution in [1.29, 1.82) is 0 Å². The number of alkyl halides is 1. The minimum atomic E-state index is -0.291. The van der Waals surface area contributed by atoms with Crippen LogP contribution in [0, 0.1) is 0 Å². The molecule has 0 heterocycles. The Morgan fingerprint density at radius 2 is 2.06 bits per heavy atom. The van der Waals surface area contributed by atoms with E-state index >= 15 is 0 Å². The fourth-order valence-electron chi connectivity index (χ4n) is 1.19. The topological polar surface area (TPSA) is 50.7 Å². The standard InChI is InChI=1S/C11H13ClN2O2/c1-13-11(15)10(14-16-2)9-5-3-8(7-12)4-6-9/h3-6H,7H2,1-2H3,(H,13,15)/b14-10-. The van der Waals surface area contributed by atoms with Gasteiger partial charge in [-0.25, -0.2) is 0 Å². The third kappa shape index (κ3) is 2.97. The van der Waals surface area contributed by atoms with Crippen LogP contribution in [0.3, 0.4) is 0 Å². The quantitative estimate of drug-likeness (QED) is 0.493. The van der Waals surface area contributed by atoms with E-state index in [9.17, 15) is 4.79 Å². The summed E-state index contributed by atoms with van der Waals surface area (Å²) < 4.78 is 0. The van der Waals surface area contributed by atoms with Crippen molar-refractivity contribution in [2.45, 2.75) is 5.88 Å². The Morgan fingerprint density at radius 3 is 2.50 bits per heavy atom. The van der Waals surface area contributed by atoms with Crippen molar-refractivity contribution in [2.24, 2.45) is 5.16 Å². The van der Waals surface area contributed by atoms with E-state index < -0.39 is 0 Å². The molecule has 0 aromatic heterocycles. The monoisotopic (exact) mass is 240 g/mol. The van der Waals surface area contributed by atoms with Crippen molar-refractivity contribution in [3.63, 3.8) is 0 Å². The number of rotatable bonds is 4. The zero-order valence-corrected chi connectivity index (χ0v) is 9.91. The second-order valence-electron chi connectivity index (χ2n) is 3.03. The summed E-state index contributed by atoms with van der Waals surface area (Å²) in [5, 5.41) is 6.19. The van der Waals surface area contributed by atoms with Gasteiger partial charge in [-0.15, -0.1) is 11.6 Å². The second kappa shape index (κ2) is 6.12. The van der Waals surface area contributed by atoms with E-state index in [0.29, 0.717) is 11.4 Å². The summed E-state index contributed by atoms with van der Waals surface area (Å²) in [4.78, 5) is 16.1. The van der Waals surface area contributed by atoms with Gasteiger partial charge in [0.15, 0.2) is 5.71 Å². The van der Waals surface area contributed by atoms with E-state index in [-0.39, 0.29) is 11.6 Å². The van der Waals surface area contributed by atoms with Gasteiger partial charge in [0, 0.05) is 18.5 Å². The second-order valence-corrected chi connectivity index (χ2v) is 3.30. The summed E-state index contributed by atoms with van der Waals surface area (Å²) in [6.45, 7) is 0. The number of oxime groups is 1. The van der Waals surface area contributed by atoms with Crippen LogP contribution in [-0.2, 0) is 15.5 Å². The third-order valence-electron chi connectivity index (χ3n) is 2.01. The molecule has 86 valence electrons. The number of likely N-dealkylation sites (N-methyl/N-ethyl adjacent to an activating group) is 1. The maximum Gasteiger partial charge on any atom is 0.273 e. The number of carbonyl (C=O) groups is 1. The lowest BCUT2D eigenvalue weighted by Crippen LogP contribution is -2.28. The van der Waals surface area contributed by atoms with Gasteiger partial charge in [0.05, 0.1) is 0 Å². The fraction of sp³-hybridized carbons (Fsp3) is 0.273. The Labute approximate surface area is 99.2 Å². The van der Waals surface area contributed by atoms with Gasteiger partial charge in [-0.3, -0.25) is 4.79 Å².